The molecule has 1 aliphatic heterocycles. The molecule has 128 valence electrons. The van der Waals surface area contributed by atoms with Gasteiger partial charge in [-0.3, -0.25) is 4.79 Å². The summed E-state index contributed by atoms with van der Waals surface area (Å²) >= 11 is 0. The van der Waals surface area contributed by atoms with Crippen molar-refractivity contribution in [1.29, 1.82) is 0 Å². The van der Waals surface area contributed by atoms with E-state index in [0.29, 0.717) is 6.54 Å². The Balaban J connectivity index is 2.37. The van der Waals surface area contributed by atoms with Crippen molar-refractivity contribution < 1.29 is 23.1 Å². The van der Waals surface area contributed by atoms with Crippen molar-refractivity contribution in [3.05, 3.63) is 0 Å². The number of carbonyl (C=O) groups excluding carboxylic acids is 1. The first-order valence-electron chi connectivity index (χ1n) is 7.70. The number of nitrogens with zero attached hydrogens (tertiary/aromatic N) is 1. The number of rotatable bonds is 8. The maximum Gasteiger partial charge on any atom is 0.326 e. The van der Waals surface area contributed by atoms with Gasteiger partial charge >= 0.3 is 5.97 Å². The minimum absolute atomic E-state index is 0.108. The standard InChI is InChI=1S/C14H26N2O5S/c1-22(20,21)11-7-12(14(18)19)15-13(17)6-10-16-8-4-2-3-5-9-16/h12H,2-11H2,1H3,(H,15,17)(H,18,19). The lowest BCUT2D eigenvalue weighted by Crippen LogP contribution is -2.43. The largest absolute Gasteiger partial charge is 0.480 e. The van der Waals surface area contributed by atoms with E-state index in [-0.39, 0.29) is 24.5 Å². The van der Waals surface area contributed by atoms with Gasteiger partial charge in [-0.25, -0.2) is 13.2 Å². The Morgan fingerprint density at radius 1 is 1.18 bits per heavy atom. The topological polar surface area (TPSA) is 104 Å². The molecule has 1 unspecified atom stereocenters. The van der Waals surface area contributed by atoms with Crippen LogP contribution in [0.3, 0.4) is 0 Å². The van der Waals surface area contributed by atoms with Gasteiger partial charge in [-0.1, -0.05) is 12.8 Å². The predicted molar refractivity (Wildman–Crippen MR) is 83.4 cm³/mol. The Bertz CT molecular complexity index is 470. The van der Waals surface area contributed by atoms with Gasteiger partial charge in [-0.05, 0) is 32.4 Å². The lowest BCUT2D eigenvalue weighted by Gasteiger charge is -2.20. The Morgan fingerprint density at radius 3 is 2.27 bits per heavy atom. The van der Waals surface area contributed by atoms with Crippen LogP contribution in [-0.2, 0) is 19.4 Å². The molecule has 1 saturated heterocycles. The highest BCUT2D eigenvalue weighted by Crippen LogP contribution is 2.09. The molecule has 0 aliphatic carbocycles. The van der Waals surface area contributed by atoms with Crippen molar-refractivity contribution in [2.45, 2.75) is 44.6 Å². The third-order valence-corrected chi connectivity index (χ3v) is 4.74. The lowest BCUT2D eigenvalue weighted by molar-refractivity contribution is -0.141. The maximum absolute atomic E-state index is 11.9. The number of aliphatic carboxylic acids is 1. The van der Waals surface area contributed by atoms with Crippen LogP contribution < -0.4 is 5.32 Å². The van der Waals surface area contributed by atoms with Gasteiger partial charge in [0, 0.05) is 19.2 Å². The summed E-state index contributed by atoms with van der Waals surface area (Å²) in [5.41, 5.74) is 0. The number of carbonyl (C=O) groups is 2. The fraction of sp³-hybridized carbons (Fsp3) is 0.857. The Morgan fingerprint density at radius 2 is 1.77 bits per heavy atom. The van der Waals surface area contributed by atoms with E-state index in [4.69, 9.17) is 5.11 Å². The molecule has 0 aromatic rings. The lowest BCUT2D eigenvalue weighted by atomic mass is 10.2. The molecule has 1 amide bonds. The van der Waals surface area contributed by atoms with Crippen LogP contribution in [0, 0.1) is 0 Å². The second-order valence-corrected chi connectivity index (χ2v) is 8.14. The molecule has 1 atom stereocenters. The van der Waals surface area contributed by atoms with E-state index in [1.807, 2.05) is 0 Å². The number of amides is 1. The van der Waals surface area contributed by atoms with Crippen LogP contribution in [0.1, 0.15) is 38.5 Å². The minimum Gasteiger partial charge on any atom is -0.480 e. The highest BCUT2D eigenvalue weighted by atomic mass is 32.2. The van der Waals surface area contributed by atoms with Gasteiger partial charge in [0.2, 0.25) is 5.91 Å². The number of hydrogen-bond donors (Lipinski definition) is 2. The summed E-state index contributed by atoms with van der Waals surface area (Å²) in [5, 5.41) is 11.5. The average Bonchev–Trinajstić information content (AvgIpc) is 2.68. The molecule has 1 heterocycles. The third kappa shape index (κ3) is 8.33. The molecule has 0 spiro atoms. The third-order valence-electron chi connectivity index (χ3n) is 3.76. The number of sulfone groups is 1. The molecule has 0 saturated carbocycles. The van der Waals surface area contributed by atoms with Crippen molar-refractivity contribution in [3.8, 4) is 0 Å². The van der Waals surface area contributed by atoms with Crippen molar-refractivity contribution in [2.24, 2.45) is 0 Å². The second-order valence-electron chi connectivity index (χ2n) is 5.88. The SMILES string of the molecule is CS(=O)(=O)CCC(NC(=O)CCN1CCCCCC1)C(=O)O. The van der Waals surface area contributed by atoms with Crippen LogP contribution in [0.2, 0.25) is 0 Å². The molecule has 1 aliphatic rings. The normalized spacial score (nSPS) is 18.4. The van der Waals surface area contributed by atoms with Crippen LogP contribution in [0.25, 0.3) is 0 Å². The first kappa shape index (κ1) is 18.9. The van der Waals surface area contributed by atoms with E-state index in [9.17, 15) is 18.0 Å². The number of likely N-dealkylation sites (tertiary alicyclic amines) is 1. The van der Waals surface area contributed by atoms with Crippen LogP contribution in [0.5, 0.6) is 0 Å². The fourth-order valence-corrected chi connectivity index (χ4v) is 3.14. The summed E-state index contributed by atoms with van der Waals surface area (Å²) in [4.78, 5) is 25.2. The van der Waals surface area contributed by atoms with Crippen LogP contribution in [0.15, 0.2) is 0 Å². The molecule has 22 heavy (non-hydrogen) atoms. The molecule has 2 N–H and O–H groups in total. The van der Waals surface area contributed by atoms with E-state index in [1.54, 1.807) is 0 Å². The summed E-state index contributed by atoms with van der Waals surface area (Å²) in [6, 6.07) is -1.15. The second kappa shape index (κ2) is 9.09. The molecule has 7 nitrogen and oxygen atoms in total. The Kier molecular flexibility index (Phi) is 7.81. The van der Waals surface area contributed by atoms with Crippen LogP contribution in [0.4, 0.5) is 0 Å². The first-order chi connectivity index (χ1) is 10.3. The van der Waals surface area contributed by atoms with E-state index in [2.05, 4.69) is 10.2 Å². The van der Waals surface area contributed by atoms with Gasteiger partial charge in [-0.2, -0.15) is 0 Å². The Labute approximate surface area is 132 Å². The van der Waals surface area contributed by atoms with E-state index in [1.165, 1.54) is 12.8 Å². The van der Waals surface area contributed by atoms with Gasteiger partial charge in [0.15, 0.2) is 0 Å². The van der Waals surface area contributed by atoms with Crippen molar-refractivity contribution in [2.75, 3.05) is 31.6 Å². The quantitative estimate of drug-likeness (QED) is 0.660. The summed E-state index contributed by atoms with van der Waals surface area (Å²) < 4.78 is 22.2. The average molecular weight is 334 g/mol. The highest BCUT2D eigenvalue weighted by Gasteiger charge is 2.22. The molecule has 1 rings (SSSR count). The van der Waals surface area contributed by atoms with Gasteiger partial charge in [0.1, 0.15) is 15.9 Å². The van der Waals surface area contributed by atoms with Crippen LogP contribution in [-0.4, -0.2) is 68.0 Å². The van der Waals surface area contributed by atoms with Crippen LogP contribution >= 0.6 is 0 Å². The number of carboxylic acid groups (broad SMARTS) is 1. The summed E-state index contributed by atoms with van der Waals surface area (Å²) in [5.74, 6) is -1.80. The Hall–Kier alpha value is -1.15. The highest BCUT2D eigenvalue weighted by molar-refractivity contribution is 7.90. The van der Waals surface area contributed by atoms with E-state index >= 15 is 0 Å². The number of hydrogen-bond acceptors (Lipinski definition) is 5. The molecule has 1 fully saturated rings. The fourth-order valence-electron chi connectivity index (χ4n) is 2.48. The van der Waals surface area contributed by atoms with Crippen molar-refractivity contribution in [1.82, 2.24) is 10.2 Å². The summed E-state index contributed by atoms with van der Waals surface area (Å²) in [7, 11) is -3.24. The smallest absolute Gasteiger partial charge is 0.326 e. The zero-order valence-electron chi connectivity index (χ0n) is 13.1. The van der Waals surface area contributed by atoms with Gasteiger partial charge in [0.25, 0.3) is 0 Å². The van der Waals surface area contributed by atoms with Gasteiger partial charge < -0.3 is 15.3 Å². The maximum atomic E-state index is 11.9. The van der Waals surface area contributed by atoms with Crippen molar-refractivity contribution >= 4 is 21.7 Å². The molecule has 0 bridgehead atoms. The molecule has 0 aromatic carbocycles. The van der Waals surface area contributed by atoms with Gasteiger partial charge in [-0.15, -0.1) is 0 Å². The molecular weight excluding hydrogens is 308 g/mol. The monoisotopic (exact) mass is 334 g/mol. The molecule has 8 heteroatoms. The zero-order valence-corrected chi connectivity index (χ0v) is 13.9. The molecule has 0 radical (unpaired) electrons. The molecule has 0 aromatic heterocycles. The first-order valence-corrected chi connectivity index (χ1v) is 9.76. The van der Waals surface area contributed by atoms with Gasteiger partial charge in [0.05, 0.1) is 5.75 Å². The predicted octanol–water partition coefficient (Wildman–Crippen LogP) is 0.257. The van der Waals surface area contributed by atoms with E-state index < -0.39 is 21.8 Å². The number of carboxylic acids is 1. The van der Waals surface area contributed by atoms with E-state index in [0.717, 1.165) is 32.2 Å². The summed E-state index contributed by atoms with van der Waals surface area (Å²) in [6.07, 6.45) is 5.88. The zero-order chi connectivity index (χ0) is 16.6. The number of nitrogens with one attached hydrogen (secondary N) is 1. The van der Waals surface area contributed by atoms with Crippen molar-refractivity contribution in [3.63, 3.8) is 0 Å². The minimum atomic E-state index is -3.24. The molecular formula is C14H26N2O5S. The summed E-state index contributed by atoms with van der Waals surface area (Å²) in [6.45, 7) is 2.57.